The quantitative estimate of drug-likeness (QED) is 0.628. The number of hydrogen-bond donors (Lipinski definition) is 2. The molecular formula is C8H18F3N3O2S. The monoisotopic (exact) mass is 277 g/mol. The van der Waals surface area contributed by atoms with Gasteiger partial charge in [-0.25, -0.2) is 0 Å². The van der Waals surface area contributed by atoms with E-state index in [0.29, 0.717) is 13.0 Å². The first-order valence-electron chi connectivity index (χ1n) is 5.17. The Morgan fingerprint density at radius 2 is 1.88 bits per heavy atom. The summed E-state index contributed by atoms with van der Waals surface area (Å²) in [5, 5.41) is 2.99. The summed E-state index contributed by atoms with van der Waals surface area (Å²) >= 11 is 0. The molecule has 0 amide bonds. The topological polar surface area (TPSA) is 61.4 Å². The lowest BCUT2D eigenvalue weighted by molar-refractivity contribution is -0.121. The highest BCUT2D eigenvalue weighted by molar-refractivity contribution is 7.87. The van der Waals surface area contributed by atoms with Crippen molar-refractivity contribution in [2.75, 3.05) is 33.2 Å². The number of halogens is 3. The molecule has 0 aromatic carbocycles. The van der Waals surface area contributed by atoms with Crippen LogP contribution < -0.4 is 10.0 Å². The van der Waals surface area contributed by atoms with E-state index in [1.54, 1.807) is 0 Å². The van der Waals surface area contributed by atoms with Gasteiger partial charge in [-0.3, -0.25) is 0 Å². The smallest absolute Gasteiger partial charge is 0.317 e. The fourth-order valence-electron chi connectivity index (χ4n) is 1.01. The lowest BCUT2D eigenvalue weighted by atomic mass is 10.4. The summed E-state index contributed by atoms with van der Waals surface area (Å²) in [4.78, 5) is 0. The van der Waals surface area contributed by atoms with E-state index in [4.69, 9.17) is 0 Å². The predicted octanol–water partition coefficient (Wildman–Crippen LogP) is 0.314. The summed E-state index contributed by atoms with van der Waals surface area (Å²) in [6, 6.07) is 0. The van der Waals surface area contributed by atoms with Gasteiger partial charge in [0, 0.05) is 13.6 Å². The third-order valence-electron chi connectivity index (χ3n) is 1.94. The third kappa shape index (κ3) is 8.36. The van der Waals surface area contributed by atoms with E-state index < -0.39 is 22.9 Å². The first-order chi connectivity index (χ1) is 7.69. The van der Waals surface area contributed by atoms with Crippen molar-refractivity contribution in [1.82, 2.24) is 14.3 Å². The Balaban J connectivity index is 4.04. The molecule has 0 spiro atoms. The van der Waals surface area contributed by atoms with Gasteiger partial charge in [-0.05, 0) is 19.5 Å². The molecule has 0 unspecified atom stereocenters. The first kappa shape index (κ1) is 16.6. The molecule has 0 heterocycles. The van der Waals surface area contributed by atoms with Crippen molar-refractivity contribution in [3.05, 3.63) is 0 Å². The zero-order chi connectivity index (χ0) is 13.5. The van der Waals surface area contributed by atoms with Crippen LogP contribution in [-0.2, 0) is 10.2 Å². The van der Waals surface area contributed by atoms with E-state index in [1.807, 2.05) is 6.92 Å². The molecule has 0 aromatic rings. The molecule has 0 radical (unpaired) electrons. The summed E-state index contributed by atoms with van der Waals surface area (Å²) in [5.41, 5.74) is 0. The standard InChI is InChI=1S/C8H18F3N3O2S/c1-3-12-5-4-6-14(2)17(15,16)13-7-8(9,10)11/h12-13H,3-7H2,1-2H3. The summed E-state index contributed by atoms with van der Waals surface area (Å²) in [7, 11) is -2.80. The molecule has 9 heteroatoms. The normalized spacial score (nSPS) is 13.3. The van der Waals surface area contributed by atoms with Crippen LogP contribution in [0.4, 0.5) is 13.2 Å². The average molecular weight is 277 g/mol. The molecule has 0 fully saturated rings. The maximum atomic E-state index is 11.8. The molecule has 0 rings (SSSR count). The lowest BCUT2D eigenvalue weighted by Crippen LogP contribution is -2.43. The number of hydrogen-bond acceptors (Lipinski definition) is 3. The molecule has 104 valence electrons. The summed E-state index contributed by atoms with van der Waals surface area (Å²) < 4.78 is 60.6. The minimum Gasteiger partial charge on any atom is -0.317 e. The molecule has 0 aliphatic rings. The SMILES string of the molecule is CCNCCCN(C)S(=O)(=O)NCC(F)(F)F. The second kappa shape index (κ2) is 7.14. The maximum Gasteiger partial charge on any atom is 0.402 e. The van der Waals surface area contributed by atoms with Crippen molar-refractivity contribution in [1.29, 1.82) is 0 Å². The molecule has 0 bridgehead atoms. The van der Waals surface area contributed by atoms with Gasteiger partial charge in [0.2, 0.25) is 0 Å². The van der Waals surface area contributed by atoms with E-state index >= 15 is 0 Å². The molecule has 0 aliphatic heterocycles. The van der Waals surface area contributed by atoms with Crippen LogP contribution in [0.2, 0.25) is 0 Å². The van der Waals surface area contributed by atoms with E-state index in [1.165, 1.54) is 11.8 Å². The van der Waals surface area contributed by atoms with Crippen molar-refractivity contribution >= 4 is 10.2 Å². The molecule has 0 atom stereocenters. The molecule has 2 N–H and O–H groups in total. The Bertz CT molecular complexity index is 306. The largest absolute Gasteiger partial charge is 0.402 e. The van der Waals surface area contributed by atoms with Gasteiger partial charge in [0.15, 0.2) is 0 Å². The highest BCUT2D eigenvalue weighted by Crippen LogP contribution is 2.13. The van der Waals surface area contributed by atoms with Crippen molar-refractivity contribution < 1.29 is 21.6 Å². The van der Waals surface area contributed by atoms with Crippen LogP contribution >= 0.6 is 0 Å². The van der Waals surface area contributed by atoms with Gasteiger partial charge < -0.3 is 5.32 Å². The van der Waals surface area contributed by atoms with Crippen LogP contribution in [0.5, 0.6) is 0 Å². The van der Waals surface area contributed by atoms with Crippen LogP contribution in [0.1, 0.15) is 13.3 Å². The molecule has 5 nitrogen and oxygen atoms in total. The van der Waals surface area contributed by atoms with Crippen molar-refractivity contribution in [3.8, 4) is 0 Å². The van der Waals surface area contributed by atoms with Crippen LogP contribution in [-0.4, -0.2) is 52.1 Å². The zero-order valence-corrected chi connectivity index (χ0v) is 10.7. The van der Waals surface area contributed by atoms with E-state index in [-0.39, 0.29) is 6.54 Å². The average Bonchev–Trinajstić information content (AvgIpc) is 2.20. The second-order valence-electron chi connectivity index (χ2n) is 3.47. The van der Waals surface area contributed by atoms with Gasteiger partial charge in [0.1, 0.15) is 6.54 Å². The van der Waals surface area contributed by atoms with Crippen molar-refractivity contribution in [3.63, 3.8) is 0 Å². The van der Waals surface area contributed by atoms with Crippen molar-refractivity contribution in [2.45, 2.75) is 19.5 Å². The van der Waals surface area contributed by atoms with Crippen molar-refractivity contribution in [2.24, 2.45) is 0 Å². The van der Waals surface area contributed by atoms with E-state index in [9.17, 15) is 21.6 Å². The molecule has 0 saturated heterocycles. The lowest BCUT2D eigenvalue weighted by Gasteiger charge is -2.18. The van der Waals surface area contributed by atoms with Gasteiger partial charge >= 0.3 is 6.18 Å². The summed E-state index contributed by atoms with van der Waals surface area (Å²) in [6.45, 7) is 1.91. The molecule has 0 aliphatic carbocycles. The van der Waals surface area contributed by atoms with Crippen LogP contribution in [0.25, 0.3) is 0 Å². The van der Waals surface area contributed by atoms with E-state index in [0.717, 1.165) is 10.8 Å². The van der Waals surface area contributed by atoms with Gasteiger partial charge in [-0.15, -0.1) is 0 Å². The Hall–Kier alpha value is -0.380. The zero-order valence-electron chi connectivity index (χ0n) is 9.84. The predicted molar refractivity (Wildman–Crippen MR) is 58.8 cm³/mol. The first-order valence-corrected chi connectivity index (χ1v) is 6.61. The maximum absolute atomic E-state index is 11.8. The highest BCUT2D eigenvalue weighted by Gasteiger charge is 2.30. The number of alkyl halides is 3. The third-order valence-corrected chi connectivity index (χ3v) is 3.45. The van der Waals surface area contributed by atoms with Gasteiger partial charge in [0.25, 0.3) is 10.2 Å². The van der Waals surface area contributed by atoms with Crippen LogP contribution in [0, 0.1) is 0 Å². The Morgan fingerprint density at radius 1 is 1.29 bits per heavy atom. The Labute approximate surface area is 99.5 Å². The number of nitrogens with zero attached hydrogens (tertiary/aromatic N) is 1. The Kier molecular flexibility index (Phi) is 6.98. The van der Waals surface area contributed by atoms with E-state index in [2.05, 4.69) is 5.32 Å². The van der Waals surface area contributed by atoms with Crippen LogP contribution in [0.15, 0.2) is 0 Å². The molecular weight excluding hydrogens is 259 g/mol. The molecule has 0 aromatic heterocycles. The number of rotatable bonds is 8. The minimum atomic E-state index is -4.54. The van der Waals surface area contributed by atoms with Gasteiger partial charge in [0.05, 0.1) is 0 Å². The fraction of sp³-hybridized carbons (Fsp3) is 1.00. The highest BCUT2D eigenvalue weighted by atomic mass is 32.2. The van der Waals surface area contributed by atoms with Crippen LogP contribution in [0.3, 0.4) is 0 Å². The fourth-order valence-corrected chi connectivity index (χ4v) is 1.94. The summed E-state index contributed by atoms with van der Waals surface area (Å²) in [5.74, 6) is 0. The van der Waals surface area contributed by atoms with Gasteiger partial charge in [-0.2, -0.15) is 30.6 Å². The van der Waals surface area contributed by atoms with Gasteiger partial charge in [-0.1, -0.05) is 6.92 Å². The number of nitrogens with one attached hydrogen (secondary N) is 2. The molecule has 17 heavy (non-hydrogen) atoms. The summed E-state index contributed by atoms with van der Waals surface area (Å²) in [6.07, 6.45) is -4.01. The molecule has 0 saturated carbocycles. The Morgan fingerprint density at radius 3 is 2.35 bits per heavy atom. The minimum absolute atomic E-state index is 0.167. The second-order valence-corrected chi connectivity index (χ2v) is 5.33.